The fourth-order valence-corrected chi connectivity index (χ4v) is 2.44. The molecule has 0 unspecified atom stereocenters. The number of hydrogen-bond acceptors (Lipinski definition) is 4. The Morgan fingerprint density at radius 3 is 2.25 bits per heavy atom. The molecule has 20 heavy (non-hydrogen) atoms. The van der Waals surface area contributed by atoms with Crippen LogP contribution >= 0.6 is 0 Å². The molecule has 1 heterocycles. The van der Waals surface area contributed by atoms with Gasteiger partial charge in [-0.05, 0) is 31.1 Å². The predicted octanol–water partition coefficient (Wildman–Crippen LogP) is 3.95. The number of nitrogens with zero attached hydrogens (tertiary/aromatic N) is 2. The summed E-state index contributed by atoms with van der Waals surface area (Å²) in [6.45, 7) is 15.1. The van der Waals surface area contributed by atoms with Crippen molar-refractivity contribution in [3.63, 3.8) is 0 Å². The Labute approximate surface area is 123 Å². The Balaban J connectivity index is 2.69. The second-order valence-corrected chi connectivity index (χ2v) is 6.18. The third kappa shape index (κ3) is 5.35. The summed E-state index contributed by atoms with van der Waals surface area (Å²) in [6.07, 6.45) is 1.07. The number of nitrogens with one attached hydrogen (secondary N) is 2. The lowest BCUT2D eigenvalue weighted by atomic mass is 9.85. The number of hydrogen-bond donors (Lipinski definition) is 2. The number of anilines is 2. The van der Waals surface area contributed by atoms with Gasteiger partial charge in [-0.2, -0.15) is 4.98 Å². The van der Waals surface area contributed by atoms with Crippen molar-refractivity contribution in [3.05, 3.63) is 11.8 Å². The predicted molar refractivity (Wildman–Crippen MR) is 87.2 cm³/mol. The second-order valence-electron chi connectivity index (χ2n) is 6.18. The van der Waals surface area contributed by atoms with Crippen LogP contribution in [0, 0.1) is 24.7 Å². The number of aromatic nitrogens is 2. The van der Waals surface area contributed by atoms with E-state index in [0.717, 1.165) is 37.0 Å². The van der Waals surface area contributed by atoms with Crippen molar-refractivity contribution in [2.75, 3.05) is 23.7 Å². The lowest BCUT2D eigenvalue weighted by molar-refractivity contribution is 0.304. The van der Waals surface area contributed by atoms with Gasteiger partial charge in [0.05, 0.1) is 0 Å². The molecule has 4 nitrogen and oxygen atoms in total. The minimum Gasteiger partial charge on any atom is -0.370 e. The van der Waals surface area contributed by atoms with Gasteiger partial charge in [-0.1, -0.05) is 34.6 Å². The highest BCUT2D eigenvalue weighted by molar-refractivity contribution is 5.42. The van der Waals surface area contributed by atoms with Crippen LogP contribution in [0.1, 0.15) is 46.7 Å². The lowest BCUT2D eigenvalue weighted by Gasteiger charge is -2.25. The van der Waals surface area contributed by atoms with Gasteiger partial charge in [0.15, 0.2) is 0 Å². The maximum absolute atomic E-state index is 4.53. The summed E-state index contributed by atoms with van der Waals surface area (Å²) in [5.41, 5.74) is 0.992. The zero-order chi connectivity index (χ0) is 15.1. The standard InChI is InChI=1S/C16H30N4/c1-7-8-17-16-19-13(6)9-15(20-16)18-10-14(11(2)3)12(4)5/h9,11-12,14H,7-8,10H2,1-6H3,(H2,17,18,19,20). The molecule has 1 aromatic rings. The van der Waals surface area contributed by atoms with E-state index in [1.54, 1.807) is 0 Å². The highest BCUT2D eigenvalue weighted by Gasteiger charge is 2.17. The average Bonchev–Trinajstić information content (AvgIpc) is 2.35. The molecule has 1 rings (SSSR count). The summed E-state index contributed by atoms with van der Waals surface area (Å²) in [5, 5.41) is 6.72. The Bertz CT molecular complexity index is 393. The van der Waals surface area contributed by atoms with Gasteiger partial charge in [0.1, 0.15) is 5.82 Å². The zero-order valence-corrected chi connectivity index (χ0v) is 13.8. The molecule has 0 aliphatic carbocycles. The van der Waals surface area contributed by atoms with Crippen molar-refractivity contribution in [3.8, 4) is 0 Å². The number of aryl methyl sites for hydroxylation is 1. The monoisotopic (exact) mass is 278 g/mol. The van der Waals surface area contributed by atoms with Gasteiger partial charge in [0, 0.05) is 24.8 Å². The lowest BCUT2D eigenvalue weighted by Crippen LogP contribution is -2.25. The van der Waals surface area contributed by atoms with Gasteiger partial charge in [0.2, 0.25) is 5.95 Å². The van der Waals surface area contributed by atoms with Crippen molar-refractivity contribution in [1.82, 2.24) is 9.97 Å². The molecule has 114 valence electrons. The molecule has 0 fully saturated rings. The Kier molecular flexibility index (Phi) is 6.76. The van der Waals surface area contributed by atoms with E-state index in [2.05, 4.69) is 55.2 Å². The van der Waals surface area contributed by atoms with E-state index < -0.39 is 0 Å². The molecule has 0 aromatic carbocycles. The molecule has 0 saturated heterocycles. The van der Waals surface area contributed by atoms with Gasteiger partial charge in [-0.15, -0.1) is 0 Å². The summed E-state index contributed by atoms with van der Waals surface area (Å²) in [4.78, 5) is 8.93. The molecule has 0 saturated carbocycles. The smallest absolute Gasteiger partial charge is 0.224 e. The Hall–Kier alpha value is -1.32. The highest BCUT2D eigenvalue weighted by Crippen LogP contribution is 2.21. The van der Waals surface area contributed by atoms with Crippen molar-refractivity contribution in [2.45, 2.75) is 48.0 Å². The molecule has 4 heteroatoms. The first-order chi connectivity index (χ1) is 9.43. The molecular weight excluding hydrogens is 248 g/mol. The maximum atomic E-state index is 4.53. The SMILES string of the molecule is CCCNc1nc(C)cc(NCC(C(C)C)C(C)C)n1. The van der Waals surface area contributed by atoms with Gasteiger partial charge < -0.3 is 10.6 Å². The van der Waals surface area contributed by atoms with E-state index in [0.29, 0.717) is 17.8 Å². The fraction of sp³-hybridized carbons (Fsp3) is 0.750. The fourth-order valence-electron chi connectivity index (χ4n) is 2.44. The molecule has 2 N–H and O–H groups in total. The highest BCUT2D eigenvalue weighted by atomic mass is 15.1. The second kappa shape index (κ2) is 8.08. The summed E-state index contributed by atoms with van der Waals surface area (Å²) < 4.78 is 0. The summed E-state index contributed by atoms with van der Waals surface area (Å²) >= 11 is 0. The van der Waals surface area contributed by atoms with Crippen molar-refractivity contribution in [2.24, 2.45) is 17.8 Å². The van der Waals surface area contributed by atoms with Gasteiger partial charge >= 0.3 is 0 Å². The molecular formula is C16H30N4. The average molecular weight is 278 g/mol. The largest absolute Gasteiger partial charge is 0.370 e. The van der Waals surface area contributed by atoms with Crippen LogP contribution in [0.15, 0.2) is 6.07 Å². The van der Waals surface area contributed by atoms with E-state index in [1.165, 1.54) is 0 Å². The van der Waals surface area contributed by atoms with Crippen LogP contribution in [0.25, 0.3) is 0 Å². The Morgan fingerprint density at radius 1 is 1.05 bits per heavy atom. The molecule has 0 aliphatic heterocycles. The topological polar surface area (TPSA) is 49.8 Å². The molecule has 0 bridgehead atoms. The minimum absolute atomic E-state index is 0.650. The minimum atomic E-state index is 0.650. The van der Waals surface area contributed by atoms with Crippen LogP contribution in [0.3, 0.4) is 0 Å². The first-order valence-electron chi connectivity index (χ1n) is 7.77. The number of rotatable bonds is 8. The molecule has 0 atom stereocenters. The first-order valence-corrected chi connectivity index (χ1v) is 7.77. The summed E-state index contributed by atoms with van der Waals surface area (Å²) in [5.74, 6) is 3.63. The van der Waals surface area contributed by atoms with Crippen LogP contribution < -0.4 is 10.6 Å². The third-order valence-electron chi connectivity index (χ3n) is 3.62. The van der Waals surface area contributed by atoms with Crippen LogP contribution in [0.5, 0.6) is 0 Å². The Morgan fingerprint density at radius 2 is 1.70 bits per heavy atom. The van der Waals surface area contributed by atoms with Crippen molar-refractivity contribution in [1.29, 1.82) is 0 Å². The first kappa shape index (κ1) is 16.7. The van der Waals surface area contributed by atoms with Crippen LogP contribution in [0.4, 0.5) is 11.8 Å². The molecule has 0 amide bonds. The maximum Gasteiger partial charge on any atom is 0.224 e. The van der Waals surface area contributed by atoms with Gasteiger partial charge in [-0.3, -0.25) is 0 Å². The third-order valence-corrected chi connectivity index (χ3v) is 3.62. The summed E-state index contributed by atoms with van der Waals surface area (Å²) in [7, 11) is 0. The normalized spacial score (nSPS) is 11.4. The zero-order valence-electron chi connectivity index (χ0n) is 13.8. The summed E-state index contributed by atoms with van der Waals surface area (Å²) in [6, 6.07) is 2.01. The van der Waals surface area contributed by atoms with Crippen molar-refractivity contribution >= 4 is 11.8 Å². The van der Waals surface area contributed by atoms with Crippen LogP contribution in [-0.2, 0) is 0 Å². The quantitative estimate of drug-likeness (QED) is 0.756. The van der Waals surface area contributed by atoms with E-state index in [4.69, 9.17) is 0 Å². The molecule has 0 aliphatic rings. The molecule has 0 radical (unpaired) electrons. The van der Waals surface area contributed by atoms with Crippen LogP contribution in [-0.4, -0.2) is 23.1 Å². The van der Waals surface area contributed by atoms with E-state index in [9.17, 15) is 0 Å². The van der Waals surface area contributed by atoms with Gasteiger partial charge in [-0.25, -0.2) is 4.98 Å². The van der Waals surface area contributed by atoms with E-state index in [-0.39, 0.29) is 0 Å². The molecule has 1 aromatic heterocycles. The molecule has 0 spiro atoms. The van der Waals surface area contributed by atoms with Gasteiger partial charge in [0.25, 0.3) is 0 Å². The van der Waals surface area contributed by atoms with Crippen molar-refractivity contribution < 1.29 is 0 Å². The van der Waals surface area contributed by atoms with Crippen LogP contribution in [0.2, 0.25) is 0 Å². The van der Waals surface area contributed by atoms with E-state index >= 15 is 0 Å². The van der Waals surface area contributed by atoms with E-state index in [1.807, 2.05) is 13.0 Å².